The smallest absolute Gasteiger partial charge is 0.133 e. The van der Waals surface area contributed by atoms with Crippen molar-refractivity contribution in [2.24, 2.45) is 0 Å². The predicted molar refractivity (Wildman–Crippen MR) is 93.0 cm³/mol. The molecule has 0 bridgehead atoms. The molecule has 0 spiro atoms. The first-order valence-electron chi connectivity index (χ1n) is 7.69. The van der Waals surface area contributed by atoms with Crippen LogP contribution in [0, 0.1) is 12.3 Å². The fraction of sp³-hybridized carbons (Fsp3) is 0.579. The van der Waals surface area contributed by atoms with Crippen LogP contribution in [0.25, 0.3) is 0 Å². The van der Waals surface area contributed by atoms with Crippen molar-refractivity contribution in [1.82, 2.24) is 0 Å². The highest BCUT2D eigenvalue weighted by Crippen LogP contribution is 2.48. The standard InChI is InChI=1S/C19H25BrO/c1-6-7-8-11-21-17-13-15-14(12-16(17)20)18(2,3)9-10-19(15,4)5/h1,12-13H,7-11H2,2-5H3. The second kappa shape index (κ2) is 6.05. The zero-order valence-electron chi connectivity index (χ0n) is 13.6. The molecule has 1 aromatic rings. The van der Waals surface area contributed by atoms with Crippen LogP contribution in [0.3, 0.4) is 0 Å². The molecule has 21 heavy (non-hydrogen) atoms. The lowest BCUT2D eigenvalue weighted by molar-refractivity contribution is 0.302. The first-order chi connectivity index (χ1) is 9.78. The number of hydrogen-bond donors (Lipinski definition) is 0. The molecule has 0 saturated heterocycles. The predicted octanol–water partition coefficient (Wildman–Crippen LogP) is 5.59. The average Bonchev–Trinajstić information content (AvgIpc) is 2.41. The molecule has 0 fully saturated rings. The number of ether oxygens (including phenoxy) is 1. The van der Waals surface area contributed by atoms with Gasteiger partial charge in [0, 0.05) is 6.42 Å². The maximum atomic E-state index is 5.92. The van der Waals surface area contributed by atoms with Crippen LogP contribution in [0.4, 0.5) is 0 Å². The van der Waals surface area contributed by atoms with Gasteiger partial charge in [0.05, 0.1) is 11.1 Å². The Morgan fingerprint density at radius 1 is 1.14 bits per heavy atom. The van der Waals surface area contributed by atoms with Crippen LogP contribution in [0.1, 0.15) is 64.5 Å². The number of fused-ring (bicyclic) bond motifs is 1. The number of terminal acetylenes is 1. The normalized spacial score (nSPS) is 18.7. The number of halogens is 1. The maximum absolute atomic E-state index is 5.92. The molecule has 2 heteroatoms. The highest BCUT2D eigenvalue weighted by molar-refractivity contribution is 9.10. The second-order valence-electron chi connectivity index (χ2n) is 7.25. The van der Waals surface area contributed by atoms with Crippen LogP contribution in [0.2, 0.25) is 0 Å². The summed E-state index contributed by atoms with van der Waals surface area (Å²) in [7, 11) is 0. The van der Waals surface area contributed by atoms with Crippen molar-refractivity contribution >= 4 is 15.9 Å². The summed E-state index contributed by atoms with van der Waals surface area (Å²) < 4.78 is 6.97. The minimum atomic E-state index is 0.211. The lowest BCUT2D eigenvalue weighted by Crippen LogP contribution is -2.33. The van der Waals surface area contributed by atoms with E-state index in [4.69, 9.17) is 11.2 Å². The van der Waals surface area contributed by atoms with Crippen LogP contribution in [0.15, 0.2) is 16.6 Å². The summed E-state index contributed by atoms with van der Waals surface area (Å²) in [5.74, 6) is 3.59. The molecule has 0 atom stereocenters. The van der Waals surface area contributed by atoms with Crippen molar-refractivity contribution in [2.45, 2.75) is 64.2 Å². The summed E-state index contributed by atoms with van der Waals surface area (Å²) >= 11 is 3.67. The number of benzene rings is 1. The van der Waals surface area contributed by atoms with Gasteiger partial charge >= 0.3 is 0 Å². The Labute approximate surface area is 137 Å². The van der Waals surface area contributed by atoms with E-state index in [0.717, 1.165) is 23.1 Å². The summed E-state index contributed by atoms with van der Waals surface area (Å²) in [5, 5.41) is 0. The Morgan fingerprint density at radius 2 is 1.71 bits per heavy atom. The van der Waals surface area contributed by atoms with Gasteiger partial charge in [-0.05, 0) is 69.3 Å². The van der Waals surface area contributed by atoms with E-state index in [2.05, 4.69) is 61.7 Å². The number of unbranched alkanes of at least 4 members (excludes halogenated alkanes) is 1. The van der Waals surface area contributed by atoms with Gasteiger partial charge in [0.25, 0.3) is 0 Å². The molecule has 0 heterocycles. The van der Waals surface area contributed by atoms with Crippen LogP contribution in [-0.2, 0) is 10.8 Å². The van der Waals surface area contributed by atoms with E-state index >= 15 is 0 Å². The number of rotatable bonds is 4. The molecule has 1 aliphatic rings. The van der Waals surface area contributed by atoms with Crippen molar-refractivity contribution in [1.29, 1.82) is 0 Å². The minimum Gasteiger partial charge on any atom is -0.492 e. The van der Waals surface area contributed by atoms with Crippen molar-refractivity contribution in [3.05, 3.63) is 27.7 Å². The van der Waals surface area contributed by atoms with Crippen LogP contribution in [-0.4, -0.2) is 6.61 Å². The van der Waals surface area contributed by atoms with E-state index in [-0.39, 0.29) is 10.8 Å². The summed E-state index contributed by atoms with van der Waals surface area (Å²) in [4.78, 5) is 0. The van der Waals surface area contributed by atoms with Gasteiger partial charge < -0.3 is 4.74 Å². The van der Waals surface area contributed by atoms with E-state index < -0.39 is 0 Å². The van der Waals surface area contributed by atoms with Crippen molar-refractivity contribution in [3.8, 4) is 18.1 Å². The molecule has 1 aliphatic carbocycles. The molecule has 0 radical (unpaired) electrons. The molecule has 0 saturated carbocycles. The molecule has 2 rings (SSSR count). The zero-order chi connectivity index (χ0) is 15.7. The molecular weight excluding hydrogens is 324 g/mol. The van der Waals surface area contributed by atoms with Crippen LogP contribution >= 0.6 is 15.9 Å². The molecule has 0 aliphatic heterocycles. The lowest BCUT2D eigenvalue weighted by Gasteiger charge is -2.42. The molecular formula is C19H25BrO. The quantitative estimate of drug-likeness (QED) is 0.509. The van der Waals surface area contributed by atoms with Gasteiger partial charge in [-0.3, -0.25) is 0 Å². The monoisotopic (exact) mass is 348 g/mol. The highest BCUT2D eigenvalue weighted by Gasteiger charge is 2.37. The van der Waals surface area contributed by atoms with Gasteiger partial charge in [0.2, 0.25) is 0 Å². The molecule has 0 amide bonds. The van der Waals surface area contributed by atoms with E-state index in [1.54, 1.807) is 0 Å². The third-order valence-electron chi connectivity index (χ3n) is 4.63. The highest BCUT2D eigenvalue weighted by atomic mass is 79.9. The Kier molecular flexibility index (Phi) is 4.73. The van der Waals surface area contributed by atoms with Gasteiger partial charge in [-0.1, -0.05) is 27.7 Å². The molecule has 0 aromatic heterocycles. The average molecular weight is 349 g/mol. The first kappa shape index (κ1) is 16.4. The Bertz CT molecular complexity index is 564. The van der Waals surface area contributed by atoms with Crippen molar-refractivity contribution in [3.63, 3.8) is 0 Å². The number of hydrogen-bond acceptors (Lipinski definition) is 1. The molecule has 1 aromatic carbocycles. The van der Waals surface area contributed by atoms with E-state index in [1.165, 1.54) is 24.0 Å². The zero-order valence-corrected chi connectivity index (χ0v) is 15.1. The SMILES string of the molecule is C#CCCCOc1cc2c(cc1Br)C(C)(C)CCC2(C)C. The van der Waals surface area contributed by atoms with Gasteiger partial charge in [-0.25, -0.2) is 0 Å². The van der Waals surface area contributed by atoms with Crippen molar-refractivity contribution in [2.75, 3.05) is 6.61 Å². The topological polar surface area (TPSA) is 9.23 Å². The molecule has 1 nitrogen and oxygen atoms in total. The van der Waals surface area contributed by atoms with Gasteiger partial charge in [0.15, 0.2) is 0 Å². The van der Waals surface area contributed by atoms with Crippen LogP contribution < -0.4 is 4.74 Å². The first-order valence-corrected chi connectivity index (χ1v) is 8.48. The summed E-state index contributed by atoms with van der Waals surface area (Å²) in [6.45, 7) is 10.0. The Hall–Kier alpha value is -0.940. The fourth-order valence-corrected chi connectivity index (χ4v) is 3.49. The molecule has 114 valence electrons. The van der Waals surface area contributed by atoms with Gasteiger partial charge in [-0.15, -0.1) is 12.3 Å². The second-order valence-corrected chi connectivity index (χ2v) is 8.11. The lowest BCUT2D eigenvalue weighted by atomic mass is 9.63. The van der Waals surface area contributed by atoms with Crippen molar-refractivity contribution < 1.29 is 4.74 Å². The summed E-state index contributed by atoms with van der Waals surface area (Å²) in [6, 6.07) is 4.49. The third kappa shape index (κ3) is 3.46. The third-order valence-corrected chi connectivity index (χ3v) is 5.25. The Balaban J connectivity index is 2.33. The fourth-order valence-electron chi connectivity index (χ4n) is 3.03. The maximum Gasteiger partial charge on any atom is 0.133 e. The minimum absolute atomic E-state index is 0.211. The van der Waals surface area contributed by atoms with E-state index in [0.29, 0.717) is 6.61 Å². The summed E-state index contributed by atoms with van der Waals surface area (Å²) in [5.41, 5.74) is 3.31. The molecule has 0 N–H and O–H groups in total. The van der Waals surface area contributed by atoms with E-state index in [9.17, 15) is 0 Å². The molecule has 0 unspecified atom stereocenters. The van der Waals surface area contributed by atoms with Gasteiger partial charge in [-0.2, -0.15) is 0 Å². The van der Waals surface area contributed by atoms with E-state index in [1.807, 2.05) is 0 Å². The Morgan fingerprint density at radius 3 is 2.29 bits per heavy atom. The van der Waals surface area contributed by atoms with Crippen LogP contribution in [0.5, 0.6) is 5.75 Å². The summed E-state index contributed by atoms with van der Waals surface area (Å²) in [6.07, 6.45) is 9.38. The largest absolute Gasteiger partial charge is 0.492 e. The van der Waals surface area contributed by atoms with Gasteiger partial charge in [0.1, 0.15) is 5.75 Å².